The van der Waals surface area contributed by atoms with Gasteiger partial charge in [-0.1, -0.05) is 20.8 Å². The summed E-state index contributed by atoms with van der Waals surface area (Å²) in [4.78, 5) is 16.0. The predicted octanol–water partition coefficient (Wildman–Crippen LogP) is 2.22. The first-order chi connectivity index (χ1) is 7.16. The minimum absolute atomic E-state index is 0.222. The molecule has 0 N–H and O–H groups in total. The van der Waals surface area contributed by atoms with Crippen LogP contribution in [0.5, 0.6) is 0 Å². The van der Waals surface area contributed by atoms with Crippen LogP contribution in [0.1, 0.15) is 41.0 Å². The van der Waals surface area contributed by atoms with Gasteiger partial charge in [0.25, 0.3) is 0 Å². The summed E-state index contributed by atoms with van der Waals surface area (Å²) in [6, 6.07) is 0.573. The molecular weight excluding hydrogens is 200 g/mol. The first kappa shape index (κ1) is 15.4. The van der Waals surface area contributed by atoms with Crippen molar-refractivity contribution in [3.8, 4) is 0 Å². The van der Waals surface area contributed by atoms with E-state index in [1.165, 1.54) is 0 Å². The van der Waals surface area contributed by atoms with Gasteiger partial charge in [-0.3, -0.25) is 4.79 Å². The summed E-state index contributed by atoms with van der Waals surface area (Å²) < 4.78 is 0. The third kappa shape index (κ3) is 5.50. The van der Waals surface area contributed by atoms with Gasteiger partial charge in [0, 0.05) is 25.0 Å². The van der Waals surface area contributed by atoms with Crippen LogP contribution in [0.2, 0.25) is 0 Å². The number of carbonyl (C=O) groups excluding carboxylic acids is 1. The molecule has 0 spiro atoms. The van der Waals surface area contributed by atoms with Crippen molar-refractivity contribution in [1.29, 1.82) is 0 Å². The van der Waals surface area contributed by atoms with E-state index in [1.807, 2.05) is 32.7 Å². The average Bonchev–Trinajstić information content (AvgIpc) is 2.14. The smallest absolute Gasteiger partial charge is 0.227 e. The van der Waals surface area contributed by atoms with Crippen LogP contribution in [0, 0.1) is 5.41 Å². The first-order valence-electron chi connectivity index (χ1n) is 6.12. The van der Waals surface area contributed by atoms with Gasteiger partial charge in [-0.15, -0.1) is 0 Å². The van der Waals surface area contributed by atoms with Crippen molar-refractivity contribution >= 4 is 5.91 Å². The summed E-state index contributed by atoms with van der Waals surface area (Å²) in [5.41, 5.74) is -0.265. The van der Waals surface area contributed by atoms with E-state index in [-0.39, 0.29) is 11.3 Å². The third-order valence-electron chi connectivity index (χ3n) is 2.87. The zero-order chi connectivity index (χ0) is 12.9. The molecule has 0 aromatic heterocycles. The van der Waals surface area contributed by atoms with E-state index in [0.717, 1.165) is 19.5 Å². The molecule has 0 rings (SSSR count). The average molecular weight is 228 g/mol. The maximum absolute atomic E-state index is 11.9. The van der Waals surface area contributed by atoms with Crippen molar-refractivity contribution in [3.05, 3.63) is 0 Å². The molecule has 0 aliphatic carbocycles. The summed E-state index contributed by atoms with van der Waals surface area (Å²) in [5, 5.41) is 0. The highest BCUT2D eigenvalue weighted by Crippen LogP contribution is 2.16. The van der Waals surface area contributed by atoms with Gasteiger partial charge in [-0.2, -0.15) is 0 Å². The van der Waals surface area contributed by atoms with Crippen LogP contribution in [0.4, 0.5) is 0 Å². The zero-order valence-electron chi connectivity index (χ0n) is 12.0. The summed E-state index contributed by atoms with van der Waals surface area (Å²) in [7, 11) is 4.01. The molecule has 96 valence electrons. The van der Waals surface area contributed by atoms with E-state index in [4.69, 9.17) is 0 Å². The molecule has 0 saturated heterocycles. The van der Waals surface area contributed by atoms with Crippen LogP contribution < -0.4 is 0 Å². The summed E-state index contributed by atoms with van der Waals surface area (Å²) in [6.45, 7) is 12.1. The van der Waals surface area contributed by atoms with Crippen molar-refractivity contribution in [2.24, 2.45) is 5.41 Å². The number of carbonyl (C=O) groups is 1. The molecule has 0 aliphatic rings. The lowest BCUT2D eigenvalue weighted by atomic mass is 9.95. The Morgan fingerprint density at radius 1 is 1.12 bits per heavy atom. The highest BCUT2D eigenvalue weighted by Gasteiger charge is 2.24. The van der Waals surface area contributed by atoms with E-state index in [2.05, 4.69) is 25.8 Å². The van der Waals surface area contributed by atoms with E-state index < -0.39 is 0 Å². The Hall–Kier alpha value is -0.570. The zero-order valence-corrected chi connectivity index (χ0v) is 12.0. The van der Waals surface area contributed by atoms with Crippen molar-refractivity contribution in [3.63, 3.8) is 0 Å². The number of hydrogen-bond acceptors (Lipinski definition) is 2. The summed E-state index contributed by atoms with van der Waals surface area (Å²) >= 11 is 0. The quantitative estimate of drug-likeness (QED) is 0.720. The lowest BCUT2D eigenvalue weighted by Crippen LogP contribution is -2.38. The standard InChI is InChI=1S/C13H28N2O/c1-11(2)14(6)9-8-10-15(7)12(16)13(3,4)5/h11H,8-10H2,1-7H3. The Morgan fingerprint density at radius 3 is 2.00 bits per heavy atom. The van der Waals surface area contributed by atoms with Crippen LogP contribution in [0.25, 0.3) is 0 Å². The molecule has 0 fully saturated rings. The molecule has 0 radical (unpaired) electrons. The number of amides is 1. The lowest BCUT2D eigenvalue weighted by molar-refractivity contribution is -0.138. The first-order valence-corrected chi connectivity index (χ1v) is 6.12. The van der Waals surface area contributed by atoms with Gasteiger partial charge in [-0.25, -0.2) is 0 Å². The molecule has 0 aliphatic heterocycles. The molecule has 0 bridgehead atoms. The van der Waals surface area contributed by atoms with E-state index in [0.29, 0.717) is 6.04 Å². The van der Waals surface area contributed by atoms with Gasteiger partial charge in [0.1, 0.15) is 0 Å². The third-order valence-corrected chi connectivity index (χ3v) is 2.87. The molecule has 0 aromatic rings. The Balaban J connectivity index is 3.91. The van der Waals surface area contributed by atoms with Crippen LogP contribution in [0.15, 0.2) is 0 Å². The van der Waals surface area contributed by atoms with Crippen LogP contribution in [-0.2, 0) is 4.79 Å². The van der Waals surface area contributed by atoms with Crippen molar-refractivity contribution in [2.75, 3.05) is 27.2 Å². The van der Waals surface area contributed by atoms with E-state index in [1.54, 1.807) is 0 Å². The van der Waals surface area contributed by atoms with Gasteiger partial charge in [0.15, 0.2) is 0 Å². The maximum atomic E-state index is 11.9. The normalized spacial score (nSPS) is 12.3. The van der Waals surface area contributed by atoms with Crippen molar-refractivity contribution < 1.29 is 4.79 Å². The minimum atomic E-state index is -0.265. The number of nitrogens with zero attached hydrogens (tertiary/aromatic N) is 2. The maximum Gasteiger partial charge on any atom is 0.227 e. The molecular formula is C13H28N2O. The van der Waals surface area contributed by atoms with Crippen LogP contribution in [-0.4, -0.2) is 48.9 Å². The van der Waals surface area contributed by atoms with Gasteiger partial charge < -0.3 is 9.80 Å². The van der Waals surface area contributed by atoms with Gasteiger partial charge in [0.05, 0.1) is 0 Å². The van der Waals surface area contributed by atoms with Crippen molar-refractivity contribution in [1.82, 2.24) is 9.80 Å². The predicted molar refractivity (Wildman–Crippen MR) is 69.5 cm³/mol. The van der Waals surface area contributed by atoms with E-state index in [9.17, 15) is 4.79 Å². The Labute approximate surface area is 101 Å². The monoisotopic (exact) mass is 228 g/mol. The number of rotatable bonds is 5. The molecule has 0 saturated carbocycles. The Bertz CT molecular complexity index is 218. The minimum Gasteiger partial charge on any atom is -0.345 e. The summed E-state index contributed by atoms with van der Waals surface area (Å²) in [5.74, 6) is 0.222. The van der Waals surface area contributed by atoms with Gasteiger partial charge >= 0.3 is 0 Å². The Kier molecular flexibility index (Phi) is 6.01. The fraction of sp³-hybridized carbons (Fsp3) is 0.923. The van der Waals surface area contributed by atoms with Gasteiger partial charge in [-0.05, 0) is 33.9 Å². The molecule has 16 heavy (non-hydrogen) atoms. The van der Waals surface area contributed by atoms with Crippen LogP contribution in [0.3, 0.4) is 0 Å². The second-order valence-corrected chi connectivity index (χ2v) is 5.90. The van der Waals surface area contributed by atoms with E-state index >= 15 is 0 Å². The molecule has 3 nitrogen and oxygen atoms in total. The fourth-order valence-electron chi connectivity index (χ4n) is 1.49. The second kappa shape index (κ2) is 6.24. The Morgan fingerprint density at radius 2 is 1.62 bits per heavy atom. The topological polar surface area (TPSA) is 23.6 Å². The SMILES string of the molecule is CC(C)N(C)CCCN(C)C(=O)C(C)(C)C. The number of hydrogen-bond donors (Lipinski definition) is 0. The fourth-order valence-corrected chi connectivity index (χ4v) is 1.49. The largest absolute Gasteiger partial charge is 0.345 e. The van der Waals surface area contributed by atoms with Crippen molar-refractivity contribution in [2.45, 2.75) is 47.1 Å². The molecule has 0 aromatic carbocycles. The molecule has 0 unspecified atom stereocenters. The molecule has 0 heterocycles. The summed E-state index contributed by atoms with van der Waals surface area (Å²) in [6.07, 6.45) is 1.03. The molecule has 0 atom stereocenters. The highest BCUT2D eigenvalue weighted by atomic mass is 16.2. The lowest BCUT2D eigenvalue weighted by Gasteiger charge is -2.27. The second-order valence-electron chi connectivity index (χ2n) is 5.90. The highest BCUT2D eigenvalue weighted by molar-refractivity contribution is 5.81. The van der Waals surface area contributed by atoms with Crippen LogP contribution >= 0.6 is 0 Å². The van der Waals surface area contributed by atoms with Gasteiger partial charge in [0.2, 0.25) is 5.91 Å². The molecule has 3 heteroatoms. The molecule has 1 amide bonds.